The van der Waals surface area contributed by atoms with Crippen molar-refractivity contribution >= 4 is 33.3 Å². The van der Waals surface area contributed by atoms with Crippen molar-refractivity contribution in [3.8, 4) is 0 Å². The topological polar surface area (TPSA) is 64.8 Å². The molecule has 2 aliphatic heterocycles. The van der Waals surface area contributed by atoms with E-state index in [1.165, 1.54) is 34.6 Å². The molecule has 8 heteroatoms. The van der Waals surface area contributed by atoms with E-state index in [1.807, 2.05) is 0 Å². The van der Waals surface area contributed by atoms with Crippen LogP contribution in [0.4, 0.5) is 15.8 Å². The molecule has 1 unspecified atom stereocenters. The van der Waals surface area contributed by atoms with Gasteiger partial charge in [-0.15, -0.1) is 0 Å². The van der Waals surface area contributed by atoms with Crippen molar-refractivity contribution < 1.29 is 9.18 Å². The second-order valence-corrected chi connectivity index (χ2v) is 11.2. The predicted molar refractivity (Wildman–Crippen MR) is 156 cm³/mol. The van der Waals surface area contributed by atoms with Gasteiger partial charge in [-0.3, -0.25) is 14.0 Å². The van der Waals surface area contributed by atoms with Gasteiger partial charge in [-0.25, -0.2) is 4.39 Å². The van der Waals surface area contributed by atoms with Crippen molar-refractivity contribution in [2.24, 2.45) is 0 Å². The van der Waals surface area contributed by atoms with E-state index >= 15 is 0 Å². The number of para-hydroxylation sites is 1. The van der Waals surface area contributed by atoms with Gasteiger partial charge in [0, 0.05) is 43.3 Å². The fraction of sp³-hybridized carbons (Fsp3) is 0.267. The van der Waals surface area contributed by atoms with Gasteiger partial charge >= 0.3 is 0 Å². The number of nitrogens with two attached hydrogens (primary N) is 1. The van der Waals surface area contributed by atoms with Crippen LogP contribution >= 0.6 is 10.7 Å². The number of carbonyl (C=O) groups is 1. The fourth-order valence-corrected chi connectivity index (χ4v) is 6.74. The molecule has 1 atom stereocenters. The van der Waals surface area contributed by atoms with Crippen LogP contribution in [0.1, 0.15) is 23.2 Å². The summed E-state index contributed by atoms with van der Waals surface area (Å²) in [5.41, 5.74) is 7.46. The summed E-state index contributed by atoms with van der Waals surface area (Å²) in [6.45, 7) is 5.57. The molecule has 0 spiro atoms. The number of nitrogens with one attached hydrogen (secondary N) is 1. The molecule has 0 aromatic heterocycles. The van der Waals surface area contributed by atoms with E-state index in [0.29, 0.717) is 12.1 Å². The van der Waals surface area contributed by atoms with Crippen LogP contribution in [0.5, 0.6) is 0 Å². The number of allylic oxidation sites excluding steroid dienone is 1. The van der Waals surface area contributed by atoms with Gasteiger partial charge in [-0.2, -0.15) is 0 Å². The molecule has 1 fully saturated rings. The van der Waals surface area contributed by atoms with E-state index in [0.717, 1.165) is 45.6 Å². The number of benzene rings is 3. The molecule has 198 valence electrons. The number of anilines is 2. The van der Waals surface area contributed by atoms with E-state index in [2.05, 4.69) is 91.5 Å². The highest BCUT2D eigenvalue weighted by Gasteiger charge is 2.28. The zero-order valence-corrected chi connectivity index (χ0v) is 22.2. The third-order valence-corrected chi connectivity index (χ3v) is 8.81. The Labute approximate surface area is 226 Å². The van der Waals surface area contributed by atoms with Crippen LogP contribution in [-0.2, 0) is 0 Å². The lowest BCUT2D eigenvalue weighted by molar-refractivity contribution is 0.0953. The van der Waals surface area contributed by atoms with Crippen molar-refractivity contribution in [1.29, 1.82) is 0 Å². The highest BCUT2D eigenvalue weighted by molar-refractivity contribution is 8.16. The van der Waals surface area contributed by atoms with Gasteiger partial charge in [-0.1, -0.05) is 47.1 Å². The van der Waals surface area contributed by atoms with Crippen LogP contribution < -0.4 is 15.4 Å². The number of nitrogens with zero attached hydrogens (tertiary/aromatic N) is 3. The quantitative estimate of drug-likeness (QED) is 0.233. The van der Waals surface area contributed by atoms with Gasteiger partial charge in [0.2, 0.25) is 0 Å². The average molecular weight is 532 g/mol. The Kier molecular flexibility index (Phi) is 8.41. The minimum atomic E-state index is -0.439. The van der Waals surface area contributed by atoms with Crippen molar-refractivity contribution in [2.45, 2.75) is 17.7 Å². The number of amides is 1. The van der Waals surface area contributed by atoms with Crippen LogP contribution in [0.25, 0.3) is 0 Å². The lowest BCUT2D eigenvalue weighted by Crippen LogP contribution is -2.48. The summed E-state index contributed by atoms with van der Waals surface area (Å²) in [4.78, 5) is 18.6. The predicted octanol–water partition coefficient (Wildman–Crippen LogP) is 4.94. The number of hydrogen-bond donors (Lipinski definition) is 2. The van der Waals surface area contributed by atoms with E-state index in [4.69, 9.17) is 5.73 Å². The Hall–Kier alpha value is -3.62. The van der Waals surface area contributed by atoms with Crippen LogP contribution in [0.2, 0.25) is 0 Å². The zero-order chi connectivity index (χ0) is 26.3. The number of hydrogen-bond acceptors (Lipinski definition) is 5. The number of carbonyl (C=O) groups excluding carboxylic acids is 1. The highest BCUT2D eigenvalue weighted by atomic mass is 32.2. The van der Waals surface area contributed by atoms with Crippen LogP contribution in [0.3, 0.4) is 0 Å². The van der Waals surface area contributed by atoms with Crippen molar-refractivity contribution in [3.05, 3.63) is 102 Å². The molecule has 0 radical (unpaired) electrons. The molecule has 6 nitrogen and oxygen atoms in total. The minimum Gasteiger partial charge on any atom is -0.398 e. The van der Waals surface area contributed by atoms with Gasteiger partial charge in [0.05, 0.1) is 11.3 Å². The lowest BCUT2D eigenvalue weighted by Gasteiger charge is -2.40. The smallest absolute Gasteiger partial charge is 0.253 e. The summed E-state index contributed by atoms with van der Waals surface area (Å²) >= 11 is 0. The van der Waals surface area contributed by atoms with Crippen LogP contribution in [0.15, 0.2) is 95.7 Å². The molecule has 1 amide bonds. The van der Waals surface area contributed by atoms with E-state index in [1.54, 1.807) is 0 Å². The summed E-state index contributed by atoms with van der Waals surface area (Å²) in [5.74, 6) is 0.576. The molecule has 0 bridgehead atoms. The largest absolute Gasteiger partial charge is 0.398 e. The Bertz CT molecular complexity index is 1310. The monoisotopic (exact) mass is 531 g/mol. The molecule has 3 N–H and O–H groups in total. The normalized spacial score (nSPS) is 17.7. The van der Waals surface area contributed by atoms with Gasteiger partial charge < -0.3 is 16.0 Å². The molecule has 0 aliphatic carbocycles. The van der Waals surface area contributed by atoms with E-state index in [9.17, 15) is 9.18 Å². The number of unbranched alkanes of at least 4 members (excludes halogenated alkanes) is 1. The molecule has 1 saturated heterocycles. The Morgan fingerprint density at radius 1 is 0.921 bits per heavy atom. The molecule has 2 aliphatic rings. The van der Waals surface area contributed by atoms with Crippen molar-refractivity contribution in [1.82, 2.24) is 15.1 Å². The first-order chi connectivity index (χ1) is 18.6. The minimum absolute atomic E-state index is 0.148. The van der Waals surface area contributed by atoms with E-state index in [-0.39, 0.29) is 22.3 Å². The molecule has 3 aromatic rings. The van der Waals surface area contributed by atoms with Gasteiger partial charge in [-0.05, 0) is 73.3 Å². The van der Waals surface area contributed by atoms with Crippen molar-refractivity contribution in [2.75, 3.05) is 49.3 Å². The maximum absolute atomic E-state index is 13.2. The summed E-state index contributed by atoms with van der Waals surface area (Å²) < 4.78 is 15.7. The first kappa shape index (κ1) is 26.0. The Balaban J connectivity index is 1.10. The SMILES string of the molecule is Nc1cc(F)ccc1C(=O)NCCCCN1CCN(C2=CC=S(c3ccccc3)N2c2ccccc2)CC1. The highest BCUT2D eigenvalue weighted by Crippen LogP contribution is 2.42. The maximum atomic E-state index is 13.2. The standard InChI is InChI=1S/C30H34FN5OS/c31-24-13-14-27(28(32)23-24)30(37)33-16-7-8-17-34-18-20-35(21-19-34)29-15-22-38(26-11-5-2-6-12-26)36(29)25-9-3-1-4-10-25/h1-6,9-15,22-23H,7-8,16-21,32H2,(H,33,37). The number of halogens is 1. The molecular formula is C30H34FN5OS. The zero-order valence-electron chi connectivity index (χ0n) is 21.4. The van der Waals surface area contributed by atoms with Crippen molar-refractivity contribution in [3.63, 3.8) is 0 Å². The Morgan fingerprint density at radius 2 is 1.63 bits per heavy atom. The maximum Gasteiger partial charge on any atom is 0.253 e. The number of piperazine rings is 1. The number of nitrogen functional groups attached to an aromatic ring is 1. The van der Waals surface area contributed by atoms with Crippen LogP contribution in [-0.4, -0.2) is 60.3 Å². The molecule has 2 heterocycles. The third-order valence-electron chi connectivity index (χ3n) is 6.87. The summed E-state index contributed by atoms with van der Waals surface area (Å²) in [7, 11) is -0.148. The molecule has 38 heavy (non-hydrogen) atoms. The summed E-state index contributed by atoms with van der Waals surface area (Å²) in [6.07, 6.45) is 4.17. The van der Waals surface area contributed by atoms with Crippen LogP contribution in [0, 0.1) is 5.82 Å². The second-order valence-electron chi connectivity index (χ2n) is 9.44. The molecule has 3 aromatic carbocycles. The number of rotatable bonds is 9. The lowest BCUT2D eigenvalue weighted by atomic mass is 10.1. The fourth-order valence-electron chi connectivity index (χ4n) is 4.84. The summed E-state index contributed by atoms with van der Waals surface area (Å²) in [5, 5.41) is 5.23. The molecule has 5 rings (SSSR count). The van der Waals surface area contributed by atoms with Gasteiger partial charge in [0.1, 0.15) is 11.6 Å². The van der Waals surface area contributed by atoms with E-state index < -0.39 is 5.82 Å². The molecule has 0 saturated carbocycles. The third kappa shape index (κ3) is 6.09. The second kappa shape index (κ2) is 12.3. The first-order valence-corrected chi connectivity index (χ1v) is 14.3. The van der Waals surface area contributed by atoms with Gasteiger partial charge in [0.15, 0.2) is 0 Å². The Morgan fingerprint density at radius 3 is 2.34 bits per heavy atom. The molecular weight excluding hydrogens is 497 g/mol. The average Bonchev–Trinajstić information content (AvgIpc) is 3.39. The summed E-state index contributed by atoms with van der Waals surface area (Å²) in [6, 6.07) is 25.2. The van der Waals surface area contributed by atoms with Gasteiger partial charge in [0.25, 0.3) is 5.91 Å². The first-order valence-electron chi connectivity index (χ1n) is 13.1.